The highest BCUT2D eigenvalue weighted by molar-refractivity contribution is 7.08. The zero-order valence-corrected chi connectivity index (χ0v) is 12.7. The van der Waals surface area contributed by atoms with Crippen LogP contribution in [0.3, 0.4) is 0 Å². The van der Waals surface area contributed by atoms with E-state index >= 15 is 0 Å². The van der Waals surface area contributed by atoms with Crippen molar-refractivity contribution in [3.63, 3.8) is 0 Å². The van der Waals surface area contributed by atoms with Crippen molar-refractivity contribution < 1.29 is 0 Å². The first-order chi connectivity index (χ1) is 10.8. The molecule has 6 nitrogen and oxygen atoms in total. The summed E-state index contributed by atoms with van der Waals surface area (Å²) in [5, 5.41) is 11.3. The number of hydrogen-bond acceptors (Lipinski definition) is 4. The van der Waals surface area contributed by atoms with Crippen molar-refractivity contribution in [1.82, 2.24) is 24.4 Å². The van der Waals surface area contributed by atoms with E-state index in [4.69, 9.17) is 0 Å². The molecule has 4 aromatic rings. The summed E-state index contributed by atoms with van der Waals surface area (Å²) in [7, 11) is 0. The summed E-state index contributed by atoms with van der Waals surface area (Å²) in [6.07, 6.45) is 5.13. The molecule has 0 saturated heterocycles. The number of H-pyrrole nitrogens is 1. The fourth-order valence-electron chi connectivity index (χ4n) is 2.58. The van der Waals surface area contributed by atoms with E-state index in [9.17, 15) is 4.79 Å². The van der Waals surface area contributed by atoms with E-state index in [2.05, 4.69) is 15.2 Å². The lowest BCUT2D eigenvalue weighted by Gasteiger charge is -2.04. The number of aromatic nitrogens is 5. The minimum atomic E-state index is -0.123. The van der Waals surface area contributed by atoms with E-state index in [0.717, 1.165) is 16.8 Å². The maximum absolute atomic E-state index is 12.7. The van der Waals surface area contributed by atoms with Crippen LogP contribution in [0.2, 0.25) is 0 Å². The molecular weight excluding hydrogens is 298 g/mol. The molecule has 0 aromatic carbocycles. The minimum absolute atomic E-state index is 0.123. The average Bonchev–Trinajstić information content (AvgIpc) is 3.27. The number of nitrogens with one attached hydrogen (secondary N) is 1. The Balaban J connectivity index is 1.95. The SMILES string of the molecule is CCn1nccc1-c1cnc2c(-c3ccsc3)c[nH]n2c1=O. The molecule has 0 radical (unpaired) electrons. The van der Waals surface area contributed by atoms with Crippen molar-refractivity contribution in [1.29, 1.82) is 0 Å². The van der Waals surface area contributed by atoms with Crippen molar-refractivity contribution >= 4 is 17.0 Å². The van der Waals surface area contributed by atoms with Crippen LogP contribution in [0.15, 0.2) is 46.3 Å². The van der Waals surface area contributed by atoms with Gasteiger partial charge in [0.25, 0.3) is 5.56 Å². The van der Waals surface area contributed by atoms with Crippen LogP contribution in [0, 0.1) is 0 Å². The molecule has 7 heteroatoms. The number of rotatable bonds is 3. The molecule has 4 rings (SSSR count). The molecule has 0 amide bonds. The van der Waals surface area contributed by atoms with Crippen molar-refractivity contribution in [2.45, 2.75) is 13.5 Å². The first-order valence-corrected chi connectivity index (χ1v) is 7.87. The Morgan fingerprint density at radius 1 is 1.32 bits per heavy atom. The summed E-state index contributed by atoms with van der Waals surface area (Å²) >= 11 is 1.62. The van der Waals surface area contributed by atoms with Gasteiger partial charge >= 0.3 is 0 Å². The number of thiophene rings is 1. The van der Waals surface area contributed by atoms with Gasteiger partial charge in [-0.3, -0.25) is 14.6 Å². The summed E-state index contributed by atoms with van der Waals surface area (Å²) in [5.74, 6) is 0. The standard InChI is InChI=1S/C15H13N5OS/c1-2-19-13(3-5-17-19)12-7-16-14-11(10-4-6-22-9-10)8-18-20(14)15(12)21/h3-9,18H,2H2,1H3. The monoisotopic (exact) mass is 311 g/mol. The Morgan fingerprint density at radius 2 is 2.23 bits per heavy atom. The van der Waals surface area contributed by atoms with Gasteiger partial charge in [-0.15, -0.1) is 0 Å². The molecular formula is C15H13N5OS. The van der Waals surface area contributed by atoms with Gasteiger partial charge < -0.3 is 0 Å². The molecule has 22 heavy (non-hydrogen) atoms. The predicted molar refractivity (Wildman–Crippen MR) is 86.0 cm³/mol. The first-order valence-electron chi connectivity index (χ1n) is 6.93. The van der Waals surface area contributed by atoms with Crippen LogP contribution in [-0.4, -0.2) is 24.4 Å². The molecule has 0 fully saturated rings. The van der Waals surface area contributed by atoms with Gasteiger partial charge in [-0.1, -0.05) is 0 Å². The molecule has 110 valence electrons. The van der Waals surface area contributed by atoms with Crippen molar-refractivity contribution in [3.8, 4) is 22.4 Å². The van der Waals surface area contributed by atoms with Crippen molar-refractivity contribution in [3.05, 3.63) is 51.8 Å². The second-order valence-electron chi connectivity index (χ2n) is 4.87. The van der Waals surface area contributed by atoms with Crippen molar-refractivity contribution in [2.24, 2.45) is 0 Å². The van der Waals surface area contributed by atoms with E-state index < -0.39 is 0 Å². The maximum atomic E-state index is 12.7. The average molecular weight is 311 g/mol. The number of aryl methyl sites for hydroxylation is 1. The second-order valence-corrected chi connectivity index (χ2v) is 5.65. The Bertz CT molecular complexity index is 993. The quantitative estimate of drug-likeness (QED) is 0.632. The normalized spacial score (nSPS) is 11.3. The van der Waals surface area contributed by atoms with Gasteiger partial charge in [0.2, 0.25) is 0 Å². The Labute approximate surface area is 129 Å². The van der Waals surface area contributed by atoms with E-state index in [-0.39, 0.29) is 5.56 Å². The van der Waals surface area contributed by atoms with Crippen LogP contribution < -0.4 is 5.56 Å². The molecule has 4 heterocycles. The Morgan fingerprint density at radius 3 is 3.00 bits per heavy atom. The van der Waals surface area contributed by atoms with Crippen LogP contribution in [0.25, 0.3) is 28.0 Å². The van der Waals surface area contributed by atoms with Crippen LogP contribution >= 0.6 is 11.3 Å². The van der Waals surface area contributed by atoms with E-state index in [1.807, 2.05) is 36.0 Å². The van der Waals surface area contributed by atoms with Gasteiger partial charge in [0.15, 0.2) is 5.65 Å². The number of nitrogens with zero attached hydrogens (tertiary/aromatic N) is 4. The smallest absolute Gasteiger partial charge is 0.282 e. The third kappa shape index (κ3) is 1.82. The number of fused-ring (bicyclic) bond motifs is 1. The Hall–Kier alpha value is -2.67. The van der Waals surface area contributed by atoms with Gasteiger partial charge in [-0.05, 0) is 35.4 Å². The highest BCUT2D eigenvalue weighted by Gasteiger charge is 2.15. The van der Waals surface area contributed by atoms with Gasteiger partial charge in [-0.2, -0.15) is 16.4 Å². The summed E-state index contributed by atoms with van der Waals surface area (Å²) in [5.41, 5.74) is 3.81. The fourth-order valence-corrected chi connectivity index (χ4v) is 3.23. The van der Waals surface area contributed by atoms with Gasteiger partial charge in [0.1, 0.15) is 0 Å². The molecule has 0 aliphatic rings. The van der Waals surface area contributed by atoms with Gasteiger partial charge in [-0.25, -0.2) is 9.50 Å². The first kappa shape index (κ1) is 13.0. The topological polar surface area (TPSA) is 68.0 Å². The summed E-state index contributed by atoms with van der Waals surface area (Å²) in [6, 6.07) is 3.84. The third-order valence-corrected chi connectivity index (χ3v) is 4.35. The predicted octanol–water partition coefficient (Wildman–Crippen LogP) is 2.63. The summed E-state index contributed by atoms with van der Waals surface area (Å²) in [6.45, 7) is 2.69. The van der Waals surface area contributed by atoms with E-state index in [1.165, 1.54) is 4.52 Å². The highest BCUT2D eigenvalue weighted by Crippen LogP contribution is 2.25. The largest absolute Gasteiger partial charge is 0.296 e. The lowest BCUT2D eigenvalue weighted by molar-refractivity contribution is 0.665. The molecule has 0 saturated carbocycles. The molecule has 0 aliphatic carbocycles. The summed E-state index contributed by atoms with van der Waals surface area (Å²) in [4.78, 5) is 17.2. The lowest BCUT2D eigenvalue weighted by Crippen LogP contribution is -2.18. The summed E-state index contributed by atoms with van der Waals surface area (Å²) < 4.78 is 3.27. The molecule has 0 aliphatic heterocycles. The maximum Gasteiger partial charge on any atom is 0.282 e. The second kappa shape index (κ2) is 4.96. The molecule has 0 bridgehead atoms. The van der Waals surface area contributed by atoms with Crippen LogP contribution in [0.1, 0.15) is 6.92 Å². The van der Waals surface area contributed by atoms with Crippen LogP contribution in [0.4, 0.5) is 0 Å². The highest BCUT2D eigenvalue weighted by atomic mass is 32.1. The van der Waals surface area contributed by atoms with Gasteiger partial charge in [0, 0.05) is 30.7 Å². The molecule has 1 N–H and O–H groups in total. The molecule has 4 aromatic heterocycles. The number of hydrogen-bond donors (Lipinski definition) is 1. The third-order valence-electron chi connectivity index (χ3n) is 3.66. The van der Waals surface area contributed by atoms with Crippen LogP contribution in [0.5, 0.6) is 0 Å². The van der Waals surface area contributed by atoms with Crippen LogP contribution in [-0.2, 0) is 6.54 Å². The van der Waals surface area contributed by atoms with E-state index in [1.54, 1.807) is 28.4 Å². The lowest BCUT2D eigenvalue weighted by atomic mass is 10.2. The number of aromatic amines is 1. The Kier molecular flexibility index (Phi) is 2.93. The molecule has 0 spiro atoms. The van der Waals surface area contributed by atoms with Gasteiger partial charge in [0.05, 0.1) is 11.3 Å². The van der Waals surface area contributed by atoms with E-state index in [0.29, 0.717) is 17.8 Å². The molecule has 0 unspecified atom stereocenters. The molecule has 0 atom stereocenters. The zero-order valence-electron chi connectivity index (χ0n) is 11.9. The fraction of sp³-hybridized carbons (Fsp3) is 0.133. The van der Waals surface area contributed by atoms with Crippen molar-refractivity contribution in [2.75, 3.05) is 0 Å². The zero-order chi connectivity index (χ0) is 15.1. The minimum Gasteiger partial charge on any atom is -0.296 e.